The second-order valence-corrected chi connectivity index (χ2v) is 12.4. The van der Waals surface area contributed by atoms with Gasteiger partial charge in [0, 0.05) is 0 Å². The molecule has 0 aromatic heterocycles. The van der Waals surface area contributed by atoms with E-state index in [-0.39, 0.29) is 18.5 Å². The van der Waals surface area contributed by atoms with Crippen LogP contribution in [0.3, 0.4) is 0 Å². The molecule has 30 heavy (non-hydrogen) atoms. The first-order valence-electron chi connectivity index (χ1n) is 10.2. The van der Waals surface area contributed by atoms with Gasteiger partial charge in [0.2, 0.25) is 0 Å². The maximum atomic E-state index is 13.2. The molecule has 0 amide bonds. The van der Waals surface area contributed by atoms with Crippen LogP contribution in [0.25, 0.3) is 0 Å². The average molecular weight is 420 g/mol. The SMILES string of the molecule is O=C(O)CCC(=O)OP(c1ccccc1)(c1ccccc1)(c1ccccc1)C1CC1. The third-order valence-corrected chi connectivity index (χ3v) is 12.3. The Kier molecular flexibility index (Phi) is 5.44. The van der Waals surface area contributed by atoms with E-state index in [0.29, 0.717) is 0 Å². The molecule has 5 heteroatoms. The molecule has 4 nitrogen and oxygen atoms in total. The number of rotatable bonds is 8. The number of carboxylic acids is 1. The first-order valence-corrected chi connectivity index (χ1v) is 12.4. The van der Waals surface area contributed by atoms with Crippen LogP contribution in [0.4, 0.5) is 0 Å². The molecule has 0 heterocycles. The van der Waals surface area contributed by atoms with Gasteiger partial charge in [-0.15, -0.1) is 0 Å². The zero-order valence-electron chi connectivity index (χ0n) is 16.7. The van der Waals surface area contributed by atoms with E-state index in [2.05, 4.69) is 36.4 Å². The number of carbonyl (C=O) groups excluding carboxylic acids is 1. The van der Waals surface area contributed by atoms with Crippen LogP contribution < -0.4 is 15.9 Å². The predicted molar refractivity (Wildman–Crippen MR) is 121 cm³/mol. The molecule has 4 rings (SSSR count). The Morgan fingerprint density at radius 2 is 1.13 bits per heavy atom. The van der Waals surface area contributed by atoms with E-state index in [4.69, 9.17) is 9.63 Å². The van der Waals surface area contributed by atoms with Crippen molar-refractivity contribution in [3.05, 3.63) is 91.0 Å². The molecule has 1 fully saturated rings. The Morgan fingerprint density at radius 3 is 1.47 bits per heavy atom. The number of hydrogen-bond acceptors (Lipinski definition) is 3. The van der Waals surface area contributed by atoms with Crippen molar-refractivity contribution < 1.29 is 19.2 Å². The van der Waals surface area contributed by atoms with Crippen molar-refractivity contribution >= 4 is 34.7 Å². The first kappa shape index (κ1) is 20.3. The van der Waals surface area contributed by atoms with Gasteiger partial charge in [0.25, 0.3) is 0 Å². The number of benzene rings is 3. The number of carboxylic acid groups (broad SMARTS) is 1. The van der Waals surface area contributed by atoms with E-state index >= 15 is 0 Å². The van der Waals surface area contributed by atoms with E-state index in [1.807, 2.05) is 54.6 Å². The molecule has 0 aliphatic heterocycles. The van der Waals surface area contributed by atoms with E-state index in [9.17, 15) is 9.59 Å². The van der Waals surface area contributed by atoms with Crippen LogP contribution in [0, 0.1) is 0 Å². The Balaban J connectivity index is 2.04. The van der Waals surface area contributed by atoms with Crippen molar-refractivity contribution in [3.8, 4) is 0 Å². The molecule has 0 bridgehead atoms. The van der Waals surface area contributed by atoms with Gasteiger partial charge >= 0.3 is 176 Å². The van der Waals surface area contributed by atoms with Gasteiger partial charge in [-0.1, -0.05) is 0 Å². The molecule has 0 spiro atoms. The Bertz CT molecular complexity index is 931. The van der Waals surface area contributed by atoms with Gasteiger partial charge in [0.05, 0.1) is 0 Å². The quantitative estimate of drug-likeness (QED) is 0.560. The fourth-order valence-corrected chi connectivity index (χ4v) is 11.1. The van der Waals surface area contributed by atoms with Crippen molar-refractivity contribution in [2.75, 3.05) is 0 Å². The Morgan fingerprint density at radius 1 is 0.733 bits per heavy atom. The van der Waals surface area contributed by atoms with Gasteiger partial charge in [-0.05, 0) is 0 Å². The summed E-state index contributed by atoms with van der Waals surface area (Å²) in [7, 11) is 0. The van der Waals surface area contributed by atoms with Crippen LogP contribution in [0.5, 0.6) is 0 Å². The fraction of sp³-hybridized carbons (Fsp3) is 0.200. The molecule has 1 saturated carbocycles. The Hall–Kier alpha value is -2.97. The van der Waals surface area contributed by atoms with E-state index in [1.165, 1.54) is 0 Å². The summed E-state index contributed by atoms with van der Waals surface area (Å²) < 4.78 is 6.69. The van der Waals surface area contributed by atoms with Gasteiger partial charge < -0.3 is 0 Å². The van der Waals surface area contributed by atoms with Crippen molar-refractivity contribution in [1.82, 2.24) is 0 Å². The van der Waals surface area contributed by atoms with Crippen LogP contribution in [0.2, 0.25) is 0 Å². The Labute approximate surface area is 176 Å². The minimum absolute atomic E-state index is 0.146. The van der Waals surface area contributed by atoms with Crippen molar-refractivity contribution in [2.24, 2.45) is 0 Å². The van der Waals surface area contributed by atoms with Gasteiger partial charge in [0.1, 0.15) is 0 Å². The molecule has 0 atom stereocenters. The van der Waals surface area contributed by atoms with Crippen LogP contribution in [0.15, 0.2) is 91.0 Å². The fourth-order valence-electron chi connectivity index (χ4n) is 4.52. The topological polar surface area (TPSA) is 63.6 Å². The van der Waals surface area contributed by atoms with Gasteiger partial charge in [-0.3, -0.25) is 0 Å². The van der Waals surface area contributed by atoms with Crippen LogP contribution in [0.1, 0.15) is 25.7 Å². The molecule has 154 valence electrons. The summed E-state index contributed by atoms with van der Waals surface area (Å²) in [5.74, 6) is -1.46. The van der Waals surface area contributed by atoms with Gasteiger partial charge in [-0.25, -0.2) is 0 Å². The van der Waals surface area contributed by atoms with Gasteiger partial charge in [-0.2, -0.15) is 0 Å². The van der Waals surface area contributed by atoms with Crippen molar-refractivity contribution in [1.29, 1.82) is 0 Å². The summed E-state index contributed by atoms with van der Waals surface area (Å²) in [5.41, 5.74) is 0.178. The minimum atomic E-state index is -3.64. The standard InChI is InChI=1S/C25H25O4P/c26-24(27)18-19-25(28)29-30(23-16-17-23,20-10-4-1-5-11-20,21-12-6-2-7-13-21)22-14-8-3-9-15-22/h1-15,23H,16-19H2,(H,26,27). The number of hydrogen-bond donors (Lipinski definition) is 1. The monoisotopic (exact) mass is 420 g/mol. The van der Waals surface area contributed by atoms with Crippen molar-refractivity contribution in [3.63, 3.8) is 0 Å². The molecule has 3 aromatic rings. The zero-order chi connectivity index (χ0) is 21.1. The molecule has 0 saturated heterocycles. The first-order chi connectivity index (χ1) is 14.6. The van der Waals surface area contributed by atoms with E-state index < -0.39 is 18.8 Å². The predicted octanol–water partition coefficient (Wildman–Crippen LogP) is 4.00. The molecule has 1 N–H and O–H groups in total. The van der Waals surface area contributed by atoms with Crippen LogP contribution in [-0.2, 0) is 14.1 Å². The summed E-state index contributed by atoms with van der Waals surface area (Å²) in [4.78, 5) is 24.3. The maximum absolute atomic E-state index is 13.2. The normalized spacial score (nSPS) is 15.0. The molecule has 3 aromatic carbocycles. The number of aliphatic carboxylic acids is 1. The third-order valence-electron chi connectivity index (χ3n) is 5.88. The van der Waals surface area contributed by atoms with Crippen LogP contribution in [-0.4, -0.2) is 22.7 Å². The molecular formula is C25H25O4P. The van der Waals surface area contributed by atoms with Crippen molar-refractivity contribution in [2.45, 2.75) is 31.3 Å². The van der Waals surface area contributed by atoms with Gasteiger partial charge in [0.15, 0.2) is 0 Å². The molecule has 0 radical (unpaired) electrons. The second kappa shape index (κ2) is 8.04. The van der Waals surface area contributed by atoms with E-state index in [1.54, 1.807) is 0 Å². The summed E-state index contributed by atoms with van der Waals surface area (Å²) >= 11 is 0. The molecular weight excluding hydrogens is 395 g/mol. The summed E-state index contributed by atoms with van der Waals surface area (Å²) in [6.07, 6.45) is 1.53. The molecule has 0 unspecified atom stereocenters. The molecule has 1 aliphatic rings. The summed E-state index contributed by atoms with van der Waals surface area (Å²) in [5, 5.41) is 12.1. The summed E-state index contributed by atoms with van der Waals surface area (Å²) in [6, 6.07) is 30.1. The summed E-state index contributed by atoms with van der Waals surface area (Å²) in [6.45, 7) is -3.64. The van der Waals surface area contributed by atoms with E-state index in [0.717, 1.165) is 28.8 Å². The molecule has 1 aliphatic carbocycles. The third kappa shape index (κ3) is 3.22. The van der Waals surface area contributed by atoms with Crippen LogP contribution >= 0.6 is 6.83 Å². The second-order valence-electron chi connectivity index (χ2n) is 7.70. The number of carbonyl (C=O) groups is 2. The zero-order valence-corrected chi connectivity index (χ0v) is 17.6. The average Bonchev–Trinajstić information content (AvgIpc) is 3.64.